The van der Waals surface area contributed by atoms with Gasteiger partial charge in [-0.05, 0) is 20.4 Å². The second kappa shape index (κ2) is 7.09. The summed E-state index contributed by atoms with van der Waals surface area (Å²) < 4.78 is 30.7. The summed E-state index contributed by atoms with van der Waals surface area (Å²) in [5.41, 5.74) is 4.93. The lowest BCUT2D eigenvalue weighted by molar-refractivity contribution is -0.0189. The van der Waals surface area contributed by atoms with Gasteiger partial charge in [0.1, 0.15) is 0 Å². The van der Waals surface area contributed by atoms with Crippen LogP contribution in [-0.2, 0) is 4.74 Å². The van der Waals surface area contributed by atoms with Crippen molar-refractivity contribution in [2.75, 3.05) is 39.9 Å². The average molecular weight is 210 g/mol. The van der Waals surface area contributed by atoms with Gasteiger partial charge in [-0.3, -0.25) is 0 Å². The van der Waals surface area contributed by atoms with Crippen molar-refractivity contribution < 1.29 is 13.5 Å². The summed E-state index contributed by atoms with van der Waals surface area (Å²) >= 11 is 0. The van der Waals surface area contributed by atoms with Crippen LogP contribution in [0, 0.1) is 0 Å². The van der Waals surface area contributed by atoms with Gasteiger partial charge >= 0.3 is 0 Å². The molecule has 0 fully saturated rings. The molecule has 14 heavy (non-hydrogen) atoms. The molecule has 0 radical (unpaired) electrons. The molecule has 0 saturated heterocycles. The summed E-state index contributed by atoms with van der Waals surface area (Å²) in [5.74, 6) is -2.78. The maximum Gasteiger partial charge on any atom is 0.272 e. The Morgan fingerprint density at radius 2 is 2.07 bits per heavy atom. The number of hydrogen-bond donors (Lipinski definition) is 1. The first-order valence-electron chi connectivity index (χ1n) is 4.86. The monoisotopic (exact) mass is 210 g/mol. The van der Waals surface area contributed by atoms with E-state index in [1.165, 1.54) is 0 Å². The van der Waals surface area contributed by atoms with Crippen LogP contribution >= 0.6 is 0 Å². The van der Waals surface area contributed by atoms with Crippen LogP contribution in [0.25, 0.3) is 0 Å². The van der Waals surface area contributed by atoms with Gasteiger partial charge in [-0.1, -0.05) is 0 Å². The lowest BCUT2D eigenvalue weighted by Crippen LogP contribution is -2.40. The first kappa shape index (κ1) is 13.7. The predicted octanol–water partition coefficient (Wildman–Crippen LogP) is 0.939. The molecule has 0 unspecified atom stereocenters. The van der Waals surface area contributed by atoms with Crippen LogP contribution in [0.5, 0.6) is 0 Å². The van der Waals surface area contributed by atoms with Crippen molar-refractivity contribution in [3.63, 3.8) is 0 Å². The maximum atomic E-state index is 12.8. The summed E-state index contributed by atoms with van der Waals surface area (Å²) in [6, 6.07) is 0. The highest BCUT2D eigenvalue weighted by Crippen LogP contribution is 2.12. The van der Waals surface area contributed by atoms with Crippen molar-refractivity contribution in [2.24, 2.45) is 5.73 Å². The molecule has 0 aromatic carbocycles. The molecule has 86 valence electrons. The Kier molecular flexibility index (Phi) is 6.96. The number of ether oxygens (including phenoxy) is 1. The van der Waals surface area contributed by atoms with Crippen LogP contribution in [0.1, 0.15) is 13.3 Å². The van der Waals surface area contributed by atoms with Gasteiger partial charge < -0.3 is 15.4 Å². The second-order valence-corrected chi connectivity index (χ2v) is 3.35. The molecule has 0 heterocycles. The van der Waals surface area contributed by atoms with E-state index in [2.05, 4.69) is 0 Å². The SMILES string of the molecule is CCOCCCN(C)CC(F)(F)CN. The van der Waals surface area contributed by atoms with Gasteiger partial charge in [-0.15, -0.1) is 0 Å². The number of nitrogens with zero attached hydrogens (tertiary/aromatic N) is 1. The molecule has 0 spiro atoms. The fourth-order valence-electron chi connectivity index (χ4n) is 1.12. The molecule has 5 heteroatoms. The first-order valence-corrected chi connectivity index (χ1v) is 4.86. The van der Waals surface area contributed by atoms with E-state index < -0.39 is 12.5 Å². The molecule has 0 aliphatic rings. The Labute approximate surface area is 84.2 Å². The van der Waals surface area contributed by atoms with Gasteiger partial charge in [0.15, 0.2) is 0 Å². The largest absolute Gasteiger partial charge is 0.382 e. The Morgan fingerprint density at radius 1 is 1.43 bits per heavy atom. The molecule has 0 aromatic heterocycles. The van der Waals surface area contributed by atoms with Crippen LogP contribution in [0.15, 0.2) is 0 Å². The maximum absolute atomic E-state index is 12.8. The Hall–Kier alpha value is -0.260. The topological polar surface area (TPSA) is 38.5 Å². The molecule has 0 rings (SSSR count). The number of hydrogen-bond acceptors (Lipinski definition) is 3. The van der Waals surface area contributed by atoms with Gasteiger partial charge in [0.2, 0.25) is 0 Å². The molecule has 2 N–H and O–H groups in total. The highest BCUT2D eigenvalue weighted by Gasteiger charge is 2.27. The molecule has 0 aliphatic carbocycles. The number of halogens is 2. The number of alkyl halides is 2. The lowest BCUT2D eigenvalue weighted by atomic mass is 10.3. The van der Waals surface area contributed by atoms with Gasteiger partial charge in [-0.25, -0.2) is 8.78 Å². The normalized spacial score (nSPS) is 12.4. The highest BCUT2D eigenvalue weighted by molar-refractivity contribution is 4.70. The highest BCUT2D eigenvalue weighted by atomic mass is 19.3. The van der Waals surface area contributed by atoms with Crippen molar-refractivity contribution in [2.45, 2.75) is 19.3 Å². The molecular formula is C9H20F2N2O. The zero-order valence-electron chi connectivity index (χ0n) is 8.93. The predicted molar refractivity (Wildman–Crippen MR) is 52.6 cm³/mol. The van der Waals surface area contributed by atoms with E-state index in [0.717, 1.165) is 6.42 Å². The standard InChI is InChI=1S/C9H20F2N2O/c1-3-14-6-4-5-13(2)8-9(10,11)7-12/h3-8,12H2,1-2H3. The third-order valence-corrected chi connectivity index (χ3v) is 1.83. The third kappa shape index (κ3) is 7.17. The smallest absolute Gasteiger partial charge is 0.272 e. The summed E-state index contributed by atoms with van der Waals surface area (Å²) in [6.07, 6.45) is 0.769. The van der Waals surface area contributed by atoms with Crippen LogP contribution in [0.4, 0.5) is 8.78 Å². The van der Waals surface area contributed by atoms with E-state index in [-0.39, 0.29) is 6.54 Å². The Balaban J connectivity index is 3.49. The average Bonchev–Trinajstić information content (AvgIpc) is 2.12. The molecule has 0 aromatic rings. The van der Waals surface area contributed by atoms with Crippen LogP contribution < -0.4 is 5.73 Å². The minimum Gasteiger partial charge on any atom is -0.382 e. The van der Waals surface area contributed by atoms with Crippen LogP contribution in [0.2, 0.25) is 0 Å². The third-order valence-electron chi connectivity index (χ3n) is 1.83. The minimum atomic E-state index is -2.78. The Morgan fingerprint density at radius 3 is 2.57 bits per heavy atom. The Bertz CT molecular complexity index is 145. The van der Waals surface area contributed by atoms with Crippen molar-refractivity contribution in [3.8, 4) is 0 Å². The fraction of sp³-hybridized carbons (Fsp3) is 1.00. The van der Waals surface area contributed by atoms with E-state index in [1.54, 1.807) is 11.9 Å². The minimum absolute atomic E-state index is 0.282. The zero-order valence-corrected chi connectivity index (χ0v) is 8.93. The second-order valence-electron chi connectivity index (χ2n) is 3.35. The van der Waals surface area contributed by atoms with E-state index in [1.807, 2.05) is 6.92 Å². The number of rotatable bonds is 8. The quantitative estimate of drug-likeness (QED) is 0.606. The number of nitrogens with two attached hydrogens (primary N) is 1. The lowest BCUT2D eigenvalue weighted by Gasteiger charge is -2.22. The van der Waals surface area contributed by atoms with E-state index in [4.69, 9.17) is 10.5 Å². The van der Waals surface area contributed by atoms with Gasteiger partial charge in [0.25, 0.3) is 5.92 Å². The molecular weight excluding hydrogens is 190 g/mol. The van der Waals surface area contributed by atoms with E-state index in [0.29, 0.717) is 19.8 Å². The van der Waals surface area contributed by atoms with Crippen molar-refractivity contribution in [3.05, 3.63) is 0 Å². The summed E-state index contributed by atoms with van der Waals surface area (Å²) in [7, 11) is 1.66. The van der Waals surface area contributed by atoms with E-state index in [9.17, 15) is 8.78 Å². The van der Waals surface area contributed by atoms with Crippen molar-refractivity contribution in [1.82, 2.24) is 4.90 Å². The van der Waals surface area contributed by atoms with Crippen LogP contribution in [0.3, 0.4) is 0 Å². The van der Waals surface area contributed by atoms with Crippen molar-refractivity contribution >= 4 is 0 Å². The summed E-state index contributed by atoms with van der Waals surface area (Å²) in [5, 5.41) is 0. The fourth-order valence-corrected chi connectivity index (χ4v) is 1.12. The van der Waals surface area contributed by atoms with E-state index >= 15 is 0 Å². The van der Waals surface area contributed by atoms with Gasteiger partial charge in [-0.2, -0.15) is 0 Å². The molecule has 0 aliphatic heterocycles. The first-order chi connectivity index (χ1) is 6.52. The molecule has 0 bridgehead atoms. The summed E-state index contributed by atoms with van der Waals surface area (Å²) in [4.78, 5) is 1.58. The molecule has 0 amide bonds. The van der Waals surface area contributed by atoms with Crippen molar-refractivity contribution in [1.29, 1.82) is 0 Å². The molecule has 3 nitrogen and oxygen atoms in total. The molecule has 0 saturated carbocycles. The van der Waals surface area contributed by atoms with Gasteiger partial charge in [0, 0.05) is 19.8 Å². The van der Waals surface area contributed by atoms with Crippen LogP contribution in [-0.4, -0.2) is 50.7 Å². The zero-order chi connectivity index (χ0) is 11.0. The molecule has 0 atom stereocenters. The summed E-state index contributed by atoms with van der Waals surface area (Å²) in [6.45, 7) is 2.93. The van der Waals surface area contributed by atoms with Gasteiger partial charge in [0.05, 0.1) is 13.1 Å².